The molecule has 1 atom stereocenters. The lowest BCUT2D eigenvalue weighted by Gasteiger charge is -2.23. The van der Waals surface area contributed by atoms with Gasteiger partial charge in [-0.3, -0.25) is 19.2 Å². The number of likely N-dealkylation sites (tertiary alicyclic amines) is 1. The third kappa shape index (κ3) is 4.89. The van der Waals surface area contributed by atoms with Crippen molar-refractivity contribution < 1.29 is 19.2 Å². The molecule has 25 heavy (non-hydrogen) atoms. The Kier molecular flexibility index (Phi) is 6.27. The summed E-state index contributed by atoms with van der Waals surface area (Å²) in [5, 5.41) is 0. The number of Topliss-reactive ketones (excluding diaryl/α,β-unsaturated/α-hetero) is 1. The summed E-state index contributed by atoms with van der Waals surface area (Å²) in [7, 11) is 1.69. The third-order valence-electron chi connectivity index (χ3n) is 4.36. The van der Waals surface area contributed by atoms with Crippen molar-refractivity contribution in [3.05, 3.63) is 35.9 Å². The number of carbonyl (C=O) groups excluding carboxylic acids is 4. The molecule has 1 aromatic rings. The second-order valence-corrected chi connectivity index (χ2v) is 6.21. The molecule has 0 radical (unpaired) electrons. The Morgan fingerprint density at radius 1 is 1.16 bits per heavy atom. The molecule has 3 amide bonds. The molecular weight excluding hydrogens is 322 g/mol. The molecule has 0 spiro atoms. The predicted molar refractivity (Wildman–Crippen MR) is 91.1 cm³/mol. The van der Waals surface area contributed by atoms with Crippen LogP contribution in [0.1, 0.15) is 31.2 Å². The largest absolute Gasteiger partial charge is 0.363 e. The Bertz CT molecular complexity index is 660. The summed E-state index contributed by atoms with van der Waals surface area (Å²) in [5.41, 5.74) is 6.04. The van der Waals surface area contributed by atoms with Crippen LogP contribution in [0.4, 0.5) is 0 Å². The molecule has 1 saturated heterocycles. The van der Waals surface area contributed by atoms with Crippen LogP contribution in [0.25, 0.3) is 0 Å². The van der Waals surface area contributed by atoms with E-state index in [1.807, 2.05) is 30.3 Å². The van der Waals surface area contributed by atoms with Crippen LogP contribution in [0, 0.1) is 0 Å². The Morgan fingerprint density at radius 3 is 2.48 bits per heavy atom. The first-order chi connectivity index (χ1) is 11.9. The Balaban J connectivity index is 1.85. The van der Waals surface area contributed by atoms with Crippen LogP contribution in [0.5, 0.6) is 0 Å². The lowest BCUT2D eigenvalue weighted by atomic mass is 10.1. The van der Waals surface area contributed by atoms with E-state index in [1.165, 1.54) is 4.90 Å². The molecule has 2 N–H and O–H groups in total. The first-order valence-corrected chi connectivity index (χ1v) is 8.31. The summed E-state index contributed by atoms with van der Waals surface area (Å²) in [4.78, 5) is 50.3. The monoisotopic (exact) mass is 345 g/mol. The third-order valence-corrected chi connectivity index (χ3v) is 4.36. The van der Waals surface area contributed by atoms with Crippen LogP contribution in [0.15, 0.2) is 30.3 Å². The topological polar surface area (TPSA) is 101 Å². The second-order valence-electron chi connectivity index (χ2n) is 6.21. The maximum absolute atomic E-state index is 12.3. The number of carbonyl (C=O) groups is 4. The highest BCUT2D eigenvalue weighted by Crippen LogP contribution is 2.19. The fourth-order valence-corrected chi connectivity index (χ4v) is 3.00. The summed E-state index contributed by atoms with van der Waals surface area (Å²) in [6.45, 7) is 0.886. The molecule has 134 valence electrons. The molecule has 2 rings (SSSR count). The van der Waals surface area contributed by atoms with E-state index in [2.05, 4.69) is 0 Å². The maximum Gasteiger partial charge on any atom is 0.287 e. The van der Waals surface area contributed by atoms with Crippen LogP contribution < -0.4 is 5.73 Å². The van der Waals surface area contributed by atoms with Gasteiger partial charge in [-0.15, -0.1) is 0 Å². The molecule has 1 aromatic carbocycles. The van der Waals surface area contributed by atoms with Gasteiger partial charge < -0.3 is 15.5 Å². The van der Waals surface area contributed by atoms with Crippen molar-refractivity contribution >= 4 is 23.5 Å². The number of amides is 3. The highest BCUT2D eigenvalue weighted by molar-refractivity contribution is 6.37. The van der Waals surface area contributed by atoms with Gasteiger partial charge in [0.15, 0.2) is 0 Å². The van der Waals surface area contributed by atoms with Gasteiger partial charge in [0, 0.05) is 33.0 Å². The average molecular weight is 345 g/mol. The molecule has 1 fully saturated rings. The van der Waals surface area contributed by atoms with E-state index in [1.54, 1.807) is 11.9 Å². The number of hydrogen-bond donors (Lipinski definition) is 1. The van der Waals surface area contributed by atoms with Gasteiger partial charge in [0.05, 0.1) is 0 Å². The number of ketones is 1. The van der Waals surface area contributed by atoms with E-state index < -0.39 is 17.7 Å². The van der Waals surface area contributed by atoms with Gasteiger partial charge in [-0.05, 0) is 18.4 Å². The van der Waals surface area contributed by atoms with Gasteiger partial charge in [0.2, 0.25) is 17.6 Å². The maximum atomic E-state index is 12.3. The van der Waals surface area contributed by atoms with Crippen molar-refractivity contribution in [2.24, 2.45) is 5.73 Å². The minimum Gasteiger partial charge on any atom is -0.363 e. The van der Waals surface area contributed by atoms with Crippen LogP contribution >= 0.6 is 0 Å². The van der Waals surface area contributed by atoms with Crippen LogP contribution in [-0.2, 0) is 25.7 Å². The van der Waals surface area contributed by atoms with Crippen molar-refractivity contribution in [1.82, 2.24) is 9.80 Å². The van der Waals surface area contributed by atoms with Crippen molar-refractivity contribution in [2.75, 3.05) is 13.6 Å². The summed E-state index contributed by atoms with van der Waals surface area (Å²) in [6.07, 6.45) is 1.17. The smallest absolute Gasteiger partial charge is 0.287 e. The van der Waals surface area contributed by atoms with Crippen molar-refractivity contribution in [1.29, 1.82) is 0 Å². The lowest BCUT2D eigenvalue weighted by molar-refractivity contribution is -0.143. The van der Waals surface area contributed by atoms with E-state index in [0.717, 1.165) is 5.56 Å². The number of primary amides is 1. The van der Waals surface area contributed by atoms with Crippen LogP contribution in [0.2, 0.25) is 0 Å². The normalized spacial score (nSPS) is 16.5. The molecule has 0 aliphatic carbocycles. The zero-order chi connectivity index (χ0) is 18.4. The van der Waals surface area contributed by atoms with Gasteiger partial charge in [-0.2, -0.15) is 0 Å². The van der Waals surface area contributed by atoms with E-state index in [9.17, 15) is 19.2 Å². The van der Waals surface area contributed by atoms with Crippen LogP contribution in [-0.4, -0.2) is 52.9 Å². The Morgan fingerprint density at radius 2 is 1.84 bits per heavy atom. The predicted octanol–water partition coefficient (Wildman–Crippen LogP) is 0.471. The van der Waals surface area contributed by atoms with Gasteiger partial charge in [0.25, 0.3) is 5.91 Å². The highest BCUT2D eigenvalue weighted by Gasteiger charge is 2.36. The molecular formula is C18H23N3O4. The summed E-state index contributed by atoms with van der Waals surface area (Å²) in [6, 6.07) is 8.80. The van der Waals surface area contributed by atoms with E-state index in [0.29, 0.717) is 25.9 Å². The van der Waals surface area contributed by atoms with Gasteiger partial charge >= 0.3 is 0 Å². The fourth-order valence-electron chi connectivity index (χ4n) is 3.00. The Hall–Kier alpha value is -2.70. The van der Waals surface area contributed by atoms with Gasteiger partial charge in [-0.25, -0.2) is 0 Å². The minimum absolute atomic E-state index is 0.0144. The summed E-state index contributed by atoms with van der Waals surface area (Å²) in [5.74, 6) is -2.20. The number of benzene rings is 1. The van der Waals surface area contributed by atoms with E-state index >= 15 is 0 Å². The first kappa shape index (κ1) is 18.6. The Labute approximate surface area is 146 Å². The molecule has 0 saturated carbocycles. The molecule has 1 heterocycles. The second kappa shape index (κ2) is 8.41. The summed E-state index contributed by atoms with van der Waals surface area (Å²) < 4.78 is 0. The number of nitrogens with zero attached hydrogens (tertiary/aromatic N) is 2. The van der Waals surface area contributed by atoms with Crippen LogP contribution in [0.3, 0.4) is 0 Å². The van der Waals surface area contributed by atoms with Crippen molar-refractivity contribution in [2.45, 2.75) is 38.3 Å². The molecule has 7 nitrogen and oxygen atoms in total. The molecule has 1 aliphatic rings. The average Bonchev–Trinajstić information content (AvgIpc) is 3.09. The van der Waals surface area contributed by atoms with E-state index in [4.69, 9.17) is 5.73 Å². The molecule has 0 bridgehead atoms. The quantitative estimate of drug-likeness (QED) is 0.726. The number of hydrogen-bond acceptors (Lipinski definition) is 4. The van der Waals surface area contributed by atoms with Crippen molar-refractivity contribution in [3.8, 4) is 0 Å². The molecule has 0 unspecified atom stereocenters. The molecule has 1 aliphatic heterocycles. The highest BCUT2D eigenvalue weighted by atomic mass is 16.2. The van der Waals surface area contributed by atoms with Crippen molar-refractivity contribution in [3.63, 3.8) is 0 Å². The van der Waals surface area contributed by atoms with Gasteiger partial charge in [-0.1, -0.05) is 30.3 Å². The molecule has 7 heteroatoms. The number of nitrogens with two attached hydrogens (primary N) is 1. The SMILES string of the molecule is CN(Cc1ccccc1)C(=O)CCC(=O)N1CCC[C@H]1C(=O)C(N)=O. The zero-order valence-electron chi connectivity index (χ0n) is 14.3. The lowest BCUT2D eigenvalue weighted by Crippen LogP contribution is -2.45. The first-order valence-electron chi connectivity index (χ1n) is 8.31. The molecule has 0 aromatic heterocycles. The standard InChI is InChI=1S/C18H23N3O4/c1-20(12-13-6-3-2-4-7-13)15(22)9-10-16(23)21-11-5-8-14(21)17(24)18(19)25/h2-4,6-7,14H,5,8-12H2,1H3,(H2,19,25)/t14-/m0/s1. The summed E-state index contributed by atoms with van der Waals surface area (Å²) >= 11 is 0. The van der Waals surface area contributed by atoms with Gasteiger partial charge in [0.1, 0.15) is 6.04 Å². The number of rotatable bonds is 7. The minimum atomic E-state index is -1.02. The zero-order valence-corrected chi connectivity index (χ0v) is 14.3. The van der Waals surface area contributed by atoms with E-state index in [-0.39, 0.29) is 24.7 Å². The fraction of sp³-hybridized carbons (Fsp3) is 0.444.